The number of thiazole rings is 1. The number of amides is 1. The SMILES string of the molecule is COc1cc(/C=N/N(C(=O)c2ccc(OC(C)C)cc2)c2nc3ccc(C)cc3s2)cc(OC)c1OC. The van der Waals surface area contributed by atoms with Crippen molar-refractivity contribution in [2.75, 3.05) is 26.3 Å². The van der Waals surface area contributed by atoms with Crippen LogP contribution in [0.3, 0.4) is 0 Å². The normalized spacial score (nSPS) is 11.2. The van der Waals surface area contributed by atoms with Gasteiger partial charge in [-0.25, -0.2) is 4.98 Å². The number of benzene rings is 3. The van der Waals surface area contributed by atoms with Crippen LogP contribution in [-0.2, 0) is 0 Å². The van der Waals surface area contributed by atoms with E-state index in [2.05, 4.69) is 10.1 Å². The van der Waals surface area contributed by atoms with E-state index >= 15 is 0 Å². The molecule has 192 valence electrons. The number of hydrogen-bond donors (Lipinski definition) is 0. The van der Waals surface area contributed by atoms with Gasteiger partial charge in [0, 0.05) is 11.1 Å². The Labute approximate surface area is 220 Å². The minimum Gasteiger partial charge on any atom is -0.493 e. The Bertz CT molecular complexity index is 1400. The summed E-state index contributed by atoms with van der Waals surface area (Å²) < 4.78 is 23.0. The van der Waals surface area contributed by atoms with Crippen LogP contribution in [0.4, 0.5) is 5.13 Å². The summed E-state index contributed by atoms with van der Waals surface area (Å²) in [7, 11) is 4.63. The first-order chi connectivity index (χ1) is 17.8. The number of hydrazone groups is 1. The molecule has 1 amide bonds. The summed E-state index contributed by atoms with van der Waals surface area (Å²) in [5.41, 5.74) is 3.02. The molecule has 4 aromatic rings. The molecule has 1 heterocycles. The highest BCUT2D eigenvalue weighted by Crippen LogP contribution is 2.38. The lowest BCUT2D eigenvalue weighted by Gasteiger charge is -2.15. The van der Waals surface area contributed by atoms with Crippen molar-refractivity contribution in [1.29, 1.82) is 0 Å². The Morgan fingerprint density at radius 2 is 1.65 bits per heavy atom. The zero-order chi connectivity index (χ0) is 26.5. The van der Waals surface area contributed by atoms with E-state index in [9.17, 15) is 4.79 Å². The minimum absolute atomic E-state index is 0.0346. The van der Waals surface area contributed by atoms with Crippen LogP contribution in [0.15, 0.2) is 59.7 Å². The molecule has 37 heavy (non-hydrogen) atoms. The average molecular weight is 520 g/mol. The van der Waals surface area contributed by atoms with Gasteiger partial charge in [-0.15, -0.1) is 0 Å². The molecule has 0 saturated carbocycles. The summed E-state index contributed by atoms with van der Waals surface area (Å²) in [6, 6.07) is 16.5. The van der Waals surface area contributed by atoms with E-state index in [1.807, 2.05) is 39.0 Å². The molecule has 0 saturated heterocycles. The summed E-state index contributed by atoms with van der Waals surface area (Å²) in [5.74, 6) is 1.81. The van der Waals surface area contributed by atoms with Crippen molar-refractivity contribution < 1.29 is 23.7 Å². The summed E-state index contributed by atoms with van der Waals surface area (Å²) >= 11 is 1.40. The van der Waals surface area contributed by atoms with E-state index in [0.29, 0.717) is 39.3 Å². The smallest absolute Gasteiger partial charge is 0.280 e. The number of anilines is 1. The highest BCUT2D eigenvalue weighted by Gasteiger charge is 2.22. The zero-order valence-corrected chi connectivity index (χ0v) is 22.5. The molecule has 0 radical (unpaired) electrons. The molecule has 0 fully saturated rings. The largest absolute Gasteiger partial charge is 0.493 e. The molecule has 0 aliphatic carbocycles. The zero-order valence-electron chi connectivity index (χ0n) is 21.6. The quantitative estimate of drug-likeness (QED) is 0.196. The number of hydrogen-bond acceptors (Lipinski definition) is 8. The number of carbonyl (C=O) groups is 1. The summed E-state index contributed by atoms with van der Waals surface area (Å²) in [6.45, 7) is 5.92. The van der Waals surface area contributed by atoms with Crippen LogP contribution in [0, 0.1) is 6.92 Å². The molecule has 0 atom stereocenters. The third-order valence-corrected chi connectivity index (χ3v) is 6.38. The molecule has 0 spiro atoms. The molecule has 0 bridgehead atoms. The highest BCUT2D eigenvalue weighted by molar-refractivity contribution is 7.22. The first-order valence-corrected chi connectivity index (χ1v) is 12.5. The lowest BCUT2D eigenvalue weighted by molar-refractivity contribution is 0.0988. The standard InChI is InChI=1S/C28H29N3O5S/c1-17(2)36-21-10-8-20(9-11-21)27(32)31(28-30-22-12-7-18(3)13-25(22)37-28)29-16-19-14-23(33-4)26(35-6)24(15-19)34-5/h7-17H,1-6H3/b29-16+. The molecule has 9 heteroatoms. The number of aryl methyl sites for hydroxylation is 1. The monoisotopic (exact) mass is 519 g/mol. The molecule has 0 unspecified atom stereocenters. The summed E-state index contributed by atoms with van der Waals surface area (Å²) in [5, 5.41) is 6.32. The van der Waals surface area contributed by atoms with Gasteiger partial charge in [0.25, 0.3) is 5.91 Å². The van der Waals surface area contributed by atoms with Gasteiger partial charge in [-0.1, -0.05) is 17.4 Å². The highest BCUT2D eigenvalue weighted by atomic mass is 32.1. The van der Waals surface area contributed by atoms with E-state index in [0.717, 1.165) is 15.8 Å². The fraction of sp³-hybridized carbons (Fsp3) is 0.250. The van der Waals surface area contributed by atoms with Crippen molar-refractivity contribution in [3.8, 4) is 23.0 Å². The van der Waals surface area contributed by atoms with Crippen LogP contribution in [0.25, 0.3) is 10.2 Å². The molecule has 4 rings (SSSR count). The van der Waals surface area contributed by atoms with Gasteiger partial charge in [-0.2, -0.15) is 10.1 Å². The van der Waals surface area contributed by atoms with Gasteiger partial charge in [0.15, 0.2) is 11.5 Å². The molecule has 0 aliphatic heterocycles. The van der Waals surface area contributed by atoms with Gasteiger partial charge >= 0.3 is 0 Å². The van der Waals surface area contributed by atoms with Gasteiger partial charge in [0.1, 0.15) is 5.75 Å². The third kappa shape index (κ3) is 5.83. The van der Waals surface area contributed by atoms with E-state index in [4.69, 9.17) is 18.9 Å². The lowest BCUT2D eigenvalue weighted by atomic mass is 10.2. The second-order valence-corrected chi connectivity index (χ2v) is 9.49. The van der Waals surface area contributed by atoms with E-state index in [1.54, 1.807) is 63.9 Å². The Kier molecular flexibility index (Phi) is 7.93. The van der Waals surface area contributed by atoms with Crippen LogP contribution in [0.1, 0.15) is 35.3 Å². The number of ether oxygens (including phenoxy) is 4. The van der Waals surface area contributed by atoms with Crippen molar-refractivity contribution in [2.24, 2.45) is 5.10 Å². The maximum Gasteiger partial charge on any atom is 0.280 e. The Balaban J connectivity index is 1.75. The average Bonchev–Trinajstić information content (AvgIpc) is 3.30. The van der Waals surface area contributed by atoms with Crippen LogP contribution in [-0.4, -0.2) is 44.5 Å². The molecule has 1 aromatic heterocycles. The Hall–Kier alpha value is -4.11. The van der Waals surface area contributed by atoms with Crippen molar-refractivity contribution in [2.45, 2.75) is 26.9 Å². The number of aromatic nitrogens is 1. The molecular weight excluding hydrogens is 490 g/mol. The number of methoxy groups -OCH3 is 3. The lowest BCUT2D eigenvalue weighted by Crippen LogP contribution is -2.25. The molecule has 0 N–H and O–H groups in total. The maximum atomic E-state index is 13.7. The molecule has 0 aliphatic rings. The van der Waals surface area contributed by atoms with E-state index in [-0.39, 0.29) is 12.0 Å². The molecule has 3 aromatic carbocycles. The first kappa shape index (κ1) is 26.0. The minimum atomic E-state index is -0.324. The van der Waals surface area contributed by atoms with Crippen LogP contribution >= 0.6 is 11.3 Å². The fourth-order valence-corrected chi connectivity index (χ4v) is 4.69. The van der Waals surface area contributed by atoms with Gasteiger partial charge in [0.05, 0.1) is 43.9 Å². The van der Waals surface area contributed by atoms with Gasteiger partial charge in [-0.05, 0) is 74.9 Å². The topological polar surface area (TPSA) is 82.5 Å². The second kappa shape index (κ2) is 11.3. The van der Waals surface area contributed by atoms with Crippen molar-refractivity contribution in [1.82, 2.24) is 4.98 Å². The molecule has 8 nitrogen and oxygen atoms in total. The van der Waals surface area contributed by atoms with E-state index in [1.165, 1.54) is 16.3 Å². The summed E-state index contributed by atoms with van der Waals surface area (Å²) in [6.07, 6.45) is 1.60. The third-order valence-electron chi connectivity index (χ3n) is 5.39. The Morgan fingerprint density at radius 1 is 0.973 bits per heavy atom. The number of fused-ring (bicyclic) bond motifs is 1. The first-order valence-electron chi connectivity index (χ1n) is 11.6. The van der Waals surface area contributed by atoms with Crippen molar-refractivity contribution in [3.05, 3.63) is 71.3 Å². The number of rotatable bonds is 9. The van der Waals surface area contributed by atoms with Gasteiger partial charge in [-0.3, -0.25) is 4.79 Å². The predicted octanol–water partition coefficient (Wildman–Crippen LogP) is 6.10. The van der Waals surface area contributed by atoms with Gasteiger partial charge in [0.2, 0.25) is 10.9 Å². The Morgan fingerprint density at radius 3 is 2.24 bits per heavy atom. The van der Waals surface area contributed by atoms with Crippen molar-refractivity contribution >= 4 is 38.8 Å². The van der Waals surface area contributed by atoms with Gasteiger partial charge < -0.3 is 18.9 Å². The summed E-state index contributed by atoms with van der Waals surface area (Å²) in [4.78, 5) is 18.3. The van der Waals surface area contributed by atoms with E-state index < -0.39 is 0 Å². The van der Waals surface area contributed by atoms with Crippen LogP contribution < -0.4 is 24.0 Å². The van der Waals surface area contributed by atoms with Crippen LogP contribution in [0.5, 0.6) is 23.0 Å². The number of carbonyl (C=O) groups excluding carboxylic acids is 1. The van der Waals surface area contributed by atoms with Crippen LogP contribution in [0.2, 0.25) is 0 Å². The van der Waals surface area contributed by atoms with Crippen molar-refractivity contribution in [3.63, 3.8) is 0 Å². The maximum absolute atomic E-state index is 13.7. The fourth-order valence-electron chi connectivity index (χ4n) is 3.67. The molecular formula is C28H29N3O5S. The second-order valence-electron chi connectivity index (χ2n) is 8.48. The number of nitrogens with zero attached hydrogens (tertiary/aromatic N) is 3. The predicted molar refractivity (Wildman–Crippen MR) is 147 cm³/mol.